The van der Waals surface area contributed by atoms with Crippen molar-refractivity contribution in [2.75, 3.05) is 77.0 Å². The Kier molecular flexibility index (Phi) is 15.0. The number of hydrogen-bond acceptors (Lipinski definition) is 15. The fourth-order valence-corrected chi connectivity index (χ4v) is 7.23. The van der Waals surface area contributed by atoms with Crippen LogP contribution in [0, 0.1) is 0 Å². The van der Waals surface area contributed by atoms with Gasteiger partial charge in [0.25, 0.3) is 17.7 Å². The molecule has 2 unspecified atom stereocenters. The normalized spacial score (nSPS) is 15.3. The molecule has 7 rings (SSSR count). The molecule has 1 saturated heterocycles. The van der Waals surface area contributed by atoms with Crippen LogP contribution in [0.5, 0.6) is 5.75 Å². The Balaban J connectivity index is 0.713. The van der Waals surface area contributed by atoms with Crippen LogP contribution in [0.3, 0.4) is 0 Å². The molecule has 2 aliphatic heterocycles. The first-order chi connectivity index (χ1) is 31.1. The van der Waals surface area contributed by atoms with Gasteiger partial charge in [0.2, 0.25) is 11.8 Å². The topological polar surface area (TPSA) is 251 Å². The van der Waals surface area contributed by atoms with Gasteiger partial charge in [0, 0.05) is 53.6 Å². The van der Waals surface area contributed by atoms with Crippen LogP contribution < -0.4 is 21.7 Å². The van der Waals surface area contributed by atoms with Crippen molar-refractivity contribution in [3.8, 4) is 28.1 Å². The lowest BCUT2D eigenvalue weighted by Crippen LogP contribution is -2.54. The molecule has 3 aromatic carbocycles. The molecule has 0 saturated carbocycles. The minimum absolute atomic E-state index is 0.0533. The van der Waals surface area contributed by atoms with Crippen molar-refractivity contribution in [1.29, 1.82) is 0 Å². The maximum absolute atomic E-state index is 13.2. The highest BCUT2D eigenvalue weighted by Gasteiger charge is 2.45. The third kappa shape index (κ3) is 10.8. The number of piperidine rings is 1. The Morgan fingerprint density at radius 2 is 1.50 bits per heavy atom. The van der Waals surface area contributed by atoms with Crippen molar-refractivity contribution in [2.24, 2.45) is 0 Å². The number of phenols is 1. The lowest BCUT2D eigenvalue weighted by molar-refractivity contribution is -0.136. The fraction of sp³-hybridized carbons (Fsp3) is 0.333. The van der Waals surface area contributed by atoms with Gasteiger partial charge in [0.1, 0.15) is 11.8 Å². The quantitative estimate of drug-likeness (QED) is 0.0495. The second kappa shape index (κ2) is 21.3. The SMILES string of the molecule is CC(c1ccc(C(=O)NCCOCCOCCOCCOCCNc2cccc3c2C(=O)N(C2CCC(=O)NC2=O)C3=O)cc1)n1cc(-c2cc(-c3ccccc3O)nnc2N)cn1. The lowest BCUT2D eigenvalue weighted by atomic mass is 10.0. The van der Waals surface area contributed by atoms with E-state index in [4.69, 9.17) is 24.7 Å². The Bertz CT molecular complexity index is 2480. The van der Waals surface area contributed by atoms with E-state index in [2.05, 4.69) is 31.2 Å². The number of hydrogen-bond donors (Lipinski definition) is 5. The maximum atomic E-state index is 13.2. The fourth-order valence-electron chi connectivity index (χ4n) is 7.23. The van der Waals surface area contributed by atoms with Crippen molar-refractivity contribution in [2.45, 2.75) is 31.8 Å². The van der Waals surface area contributed by atoms with Gasteiger partial charge in [-0.3, -0.25) is 38.9 Å². The van der Waals surface area contributed by atoms with Crippen LogP contribution in [-0.2, 0) is 28.5 Å². The van der Waals surface area contributed by atoms with Gasteiger partial charge in [0.15, 0.2) is 5.82 Å². The summed E-state index contributed by atoms with van der Waals surface area (Å²) < 4.78 is 24.1. The molecular formula is C45H49N9O10. The highest BCUT2D eigenvalue weighted by Crippen LogP contribution is 2.34. The standard InChI is InChI=1S/C45H49N9O10/c1-28(53-27-31(26-49-53)34-25-36(51-52-41(34)46)32-5-2-3-8-38(32)55)29-9-11-30(12-10-29)42(57)48-16-18-62-20-22-64-24-23-63-21-19-61-17-15-47-35-7-4-6-33-40(35)45(60)54(44(33)59)37-13-14-39(56)50-43(37)58/h2-12,25-28,37,47,55H,13-24H2,1H3,(H2,46,52)(H,48,57)(H,50,56,58). The summed E-state index contributed by atoms with van der Waals surface area (Å²) in [4.78, 5) is 63.8. The Morgan fingerprint density at radius 1 is 0.828 bits per heavy atom. The molecule has 4 heterocycles. The molecule has 0 bridgehead atoms. The predicted molar refractivity (Wildman–Crippen MR) is 232 cm³/mol. The molecule has 2 atom stereocenters. The number of nitrogen functional groups attached to an aromatic ring is 1. The molecular weight excluding hydrogens is 827 g/mol. The summed E-state index contributed by atoms with van der Waals surface area (Å²) in [5, 5.41) is 31.3. The molecule has 19 nitrogen and oxygen atoms in total. The number of aromatic nitrogens is 4. The van der Waals surface area contributed by atoms with E-state index >= 15 is 0 Å². The summed E-state index contributed by atoms with van der Waals surface area (Å²) in [5.74, 6) is -2.10. The van der Waals surface area contributed by atoms with E-state index in [1.165, 1.54) is 0 Å². The van der Waals surface area contributed by atoms with Gasteiger partial charge < -0.3 is 40.4 Å². The smallest absolute Gasteiger partial charge is 0.264 e. The predicted octanol–water partition coefficient (Wildman–Crippen LogP) is 3.21. The number of carbonyl (C=O) groups is 5. The number of aromatic hydroxyl groups is 1. The second-order valence-electron chi connectivity index (χ2n) is 14.9. The van der Waals surface area contributed by atoms with Gasteiger partial charge in [0.05, 0.1) is 81.9 Å². The van der Waals surface area contributed by atoms with Crippen LogP contribution in [0.15, 0.2) is 85.2 Å². The number of nitrogens with zero attached hydrogens (tertiary/aromatic N) is 5. The van der Waals surface area contributed by atoms with E-state index in [1.54, 1.807) is 65.5 Å². The molecule has 5 amide bonds. The highest BCUT2D eigenvalue weighted by atomic mass is 16.6. The number of fused-ring (bicyclic) bond motifs is 1. The molecule has 0 aliphatic carbocycles. The summed E-state index contributed by atoms with van der Waals surface area (Å²) in [6.07, 6.45) is 3.71. The second-order valence-corrected chi connectivity index (χ2v) is 14.9. The number of nitrogens with one attached hydrogen (secondary N) is 3. The number of nitrogens with two attached hydrogens (primary N) is 1. The molecule has 6 N–H and O–H groups in total. The van der Waals surface area contributed by atoms with Crippen LogP contribution in [0.25, 0.3) is 22.4 Å². The lowest BCUT2D eigenvalue weighted by Gasteiger charge is -2.27. The van der Waals surface area contributed by atoms with Crippen molar-refractivity contribution >= 4 is 41.0 Å². The number of imide groups is 2. The van der Waals surface area contributed by atoms with Crippen LogP contribution >= 0.6 is 0 Å². The van der Waals surface area contributed by atoms with Crippen molar-refractivity contribution in [1.82, 2.24) is 35.5 Å². The van der Waals surface area contributed by atoms with Gasteiger partial charge in [-0.15, -0.1) is 10.2 Å². The highest BCUT2D eigenvalue weighted by molar-refractivity contribution is 6.25. The Hall–Kier alpha value is -7.06. The number of carbonyl (C=O) groups excluding carboxylic acids is 5. The van der Waals surface area contributed by atoms with Crippen molar-refractivity contribution in [3.05, 3.63) is 107 Å². The molecule has 19 heteroatoms. The molecule has 0 spiro atoms. The number of anilines is 2. The largest absolute Gasteiger partial charge is 0.507 e. The Morgan fingerprint density at radius 3 is 2.20 bits per heavy atom. The van der Waals surface area contributed by atoms with Gasteiger partial charge in [-0.05, 0) is 61.4 Å². The summed E-state index contributed by atoms with van der Waals surface area (Å²) in [7, 11) is 0. The maximum Gasteiger partial charge on any atom is 0.264 e. The van der Waals surface area contributed by atoms with Gasteiger partial charge in [-0.1, -0.05) is 30.3 Å². The number of para-hydroxylation sites is 1. The zero-order valence-electron chi connectivity index (χ0n) is 35.2. The Labute approximate surface area is 368 Å². The van der Waals surface area contributed by atoms with Crippen LogP contribution in [0.4, 0.5) is 11.5 Å². The summed E-state index contributed by atoms with van der Waals surface area (Å²) >= 11 is 0. The average molecular weight is 876 g/mol. The van der Waals surface area contributed by atoms with E-state index in [1.807, 2.05) is 31.3 Å². The number of amides is 5. The third-order valence-electron chi connectivity index (χ3n) is 10.6. The van der Waals surface area contributed by atoms with Gasteiger partial charge in [-0.2, -0.15) is 5.10 Å². The first-order valence-electron chi connectivity index (χ1n) is 20.8. The van der Waals surface area contributed by atoms with E-state index in [-0.39, 0.29) is 47.5 Å². The minimum Gasteiger partial charge on any atom is -0.507 e. The van der Waals surface area contributed by atoms with Crippen LogP contribution in [0.1, 0.15) is 62.4 Å². The first kappa shape index (κ1) is 45.0. The van der Waals surface area contributed by atoms with Crippen molar-refractivity contribution < 1.29 is 48.0 Å². The number of benzene rings is 3. The first-order valence-corrected chi connectivity index (χ1v) is 20.8. The molecule has 1 fully saturated rings. The average Bonchev–Trinajstić information content (AvgIpc) is 3.89. The van der Waals surface area contributed by atoms with Crippen LogP contribution in [0.2, 0.25) is 0 Å². The van der Waals surface area contributed by atoms with Gasteiger partial charge in [-0.25, -0.2) is 0 Å². The molecule has 5 aromatic rings. The molecule has 334 valence electrons. The van der Waals surface area contributed by atoms with Crippen molar-refractivity contribution in [3.63, 3.8) is 0 Å². The number of ether oxygens (including phenoxy) is 4. The zero-order valence-corrected chi connectivity index (χ0v) is 35.2. The van der Waals surface area contributed by atoms with E-state index in [9.17, 15) is 29.1 Å². The molecule has 64 heavy (non-hydrogen) atoms. The molecule has 2 aliphatic rings. The molecule has 2 aromatic heterocycles. The third-order valence-corrected chi connectivity index (χ3v) is 10.6. The monoisotopic (exact) mass is 875 g/mol. The molecule has 0 radical (unpaired) electrons. The number of phenolic OH excluding ortho intramolecular Hbond substituents is 1. The van der Waals surface area contributed by atoms with E-state index in [0.717, 1.165) is 16.0 Å². The minimum atomic E-state index is -1.03. The van der Waals surface area contributed by atoms with Gasteiger partial charge >= 0.3 is 0 Å². The van der Waals surface area contributed by atoms with E-state index in [0.29, 0.717) is 94.0 Å². The van der Waals surface area contributed by atoms with Crippen LogP contribution in [-0.4, -0.2) is 132 Å². The summed E-state index contributed by atoms with van der Waals surface area (Å²) in [6.45, 7) is 5.49. The number of rotatable bonds is 22. The summed E-state index contributed by atoms with van der Waals surface area (Å²) in [5.41, 5.74) is 10.9. The summed E-state index contributed by atoms with van der Waals surface area (Å²) in [6, 6.07) is 19.7. The zero-order chi connectivity index (χ0) is 45.0. The van der Waals surface area contributed by atoms with E-state index < -0.39 is 29.7 Å².